The summed E-state index contributed by atoms with van der Waals surface area (Å²) in [5, 5.41) is 0. The molecule has 1 aromatic carbocycles. The molecule has 106 valence electrons. The third kappa shape index (κ3) is 3.31. The van der Waals surface area contributed by atoms with Crippen LogP contribution in [0, 0.1) is 5.92 Å². The second-order valence-electron chi connectivity index (χ2n) is 4.76. The number of hydrogen-bond donors (Lipinski definition) is 1. The molecule has 0 unspecified atom stereocenters. The molecule has 0 atom stereocenters. The summed E-state index contributed by atoms with van der Waals surface area (Å²) < 4.78 is 26.7. The molecule has 1 saturated heterocycles. The molecule has 1 aromatic rings. The first kappa shape index (κ1) is 14.8. The third-order valence-electron chi connectivity index (χ3n) is 3.59. The standard InChI is InChI=1S/C13H20N2O2S2/c1-18-12-3-2-4-13(9-12)19(16,17)15-7-5-11(10-14)6-8-15/h2-4,9,11H,5-8,10,14H2,1H3. The first-order valence-corrected chi connectivity index (χ1v) is 9.08. The first-order valence-electron chi connectivity index (χ1n) is 6.42. The van der Waals surface area contributed by atoms with Crippen molar-refractivity contribution in [2.45, 2.75) is 22.6 Å². The van der Waals surface area contributed by atoms with E-state index in [1.54, 1.807) is 34.3 Å². The molecule has 2 rings (SSSR count). The van der Waals surface area contributed by atoms with Crippen LogP contribution in [0.5, 0.6) is 0 Å². The zero-order valence-corrected chi connectivity index (χ0v) is 12.7. The van der Waals surface area contributed by atoms with Gasteiger partial charge in [-0.25, -0.2) is 8.42 Å². The lowest BCUT2D eigenvalue weighted by Gasteiger charge is -2.30. The van der Waals surface area contributed by atoms with Crippen molar-refractivity contribution in [3.63, 3.8) is 0 Å². The van der Waals surface area contributed by atoms with Crippen LogP contribution in [-0.4, -0.2) is 38.6 Å². The molecular weight excluding hydrogens is 280 g/mol. The van der Waals surface area contributed by atoms with Crippen molar-refractivity contribution >= 4 is 21.8 Å². The fourth-order valence-electron chi connectivity index (χ4n) is 2.30. The molecule has 19 heavy (non-hydrogen) atoms. The number of piperidine rings is 1. The lowest BCUT2D eigenvalue weighted by molar-refractivity contribution is 0.278. The van der Waals surface area contributed by atoms with E-state index in [-0.39, 0.29) is 0 Å². The quantitative estimate of drug-likeness (QED) is 0.861. The maximum Gasteiger partial charge on any atom is 0.243 e. The van der Waals surface area contributed by atoms with Crippen LogP contribution < -0.4 is 5.73 Å². The molecule has 1 aliphatic rings. The monoisotopic (exact) mass is 300 g/mol. The second kappa shape index (κ2) is 6.26. The molecule has 0 spiro atoms. The van der Waals surface area contributed by atoms with E-state index in [0.717, 1.165) is 17.7 Å². The Labute approximate surface area is 119 Å². The molecule has 0 aromatic heterocycles. The molecule has 1 heterocycles. The van der Waals surface area contributed by atoms with E-state index >= 15 is 0 Å². The van der Waals surface area contributed by atoms with Gasteiger partial charge in [0, 0.05) is 18.0 Å². The molecule has 0 radical (unpaired) electrons. The Morgan fingerprint density at radius 3 is 2.63 bits per heavy atom. The largest absolute Gasteiger partial charge is 0.330 e. The fraction of sp³-hybridized carbons (Fsp3) is 0.538. The van der Waals surface area contributed by atoms with Crippen molar-refractivity contribution in [1.29, 1.82) is 0 Å². The number of nitrogens with two attached hydrogens (primary N) is 1. The highest BCUT2D eigenvalue weighted by atomic mass is 32.2. The molecule has 2 N–H and O–H groups in total. The molecule has 6 heteroatoms. The van der Waals surface area contributed by atoms with Gasteiger partial charge in [0.05, 0.1) is 4.90 Å². The molecule has 0 amide bonds. The van der Waals surface area contributed by atoms with E-state index in [1.807, 2.05) is 12.3 Å². The number of nitrogens with zero attached hydrogens (tertiary/aromatic N) is 1. The summed E-state index contributed by atoms with van der Waals surface area (Å²) in [4.78, 5) is 1.36. The van der Waals surface area contributed by atoms with Gasteiger partial charge in [0.2, 0.25) is 10.0 Å². The normalized spacial score (nSPS) is 18.6. The van der Waals surface area contributed by atoms with Crippen LogP contribution in [0.1, 0.15) is 12.8 Å². The van der Waals surface area contributed by atoms with Crippen molar-refractivity contribution in [2.24, 2.45) is 11.7 Å². The topological polar surface area (TPSA) is 63.4 Å². The predicted molar refractivity (Wildman–Crippen MR) is 78.8 cm³/mol. The summed E-state index contributed by atoms with van der Waals surface area (Å²) in [5.41, 5.74) is 5.64. The highest BCUT2D eigenvalue weighted by Crippen LogP contribution is 2.25. The van der Waals surface area contributed by atoms with Gasteiger partial charge in [0.15, 0.2) is 0 Å². The zero-order valence-electron chi connectivity index (χ0n) is 11.1. The van der Waals surface area contributed by atoms with Gasteiger partial charge in [-0.1, -0.05) is 6.07 Å². The molecular formula is C13H20N2O2S2. The molecule has 0 aliphatic carbocycles. The predicted octanol–water partition coefficient (Wildman–Crippen LogP) is 1.77. The smallest absolute Gasteiger partial charge is 0.243 e. The van der Waals surface area contributed by atoms with Gasteiger partial charge >= 0.3 is 0 Å². The number of sulfonamides is 1. The van der Waals surface area contributed by atoms with Crippen LogP contribution >= 0.6 is 11.8 Å². The van der Waals surface area contributed by atoms with Gasteiger partial charge in [-0.3, -0.25) is 0 Å². The van der Waals surface area contributed by atoms with Crippen molar-refractivity contribution in [2.75, 3.05) is 25.9 Å². The van der Waals surface area contributed by atoms with Crippen molar-refractivity contribution in [1.82, 2.24) is 4.31 Å². The molecule has 1 aliphatic heterocycles. The summed E-state index contributed by atoms with van der Waals surface area (Å²) in [6.07, 6.45) is 3.66. The Morgan fingerprint density at radius 1 is 1.37 bits per heavy atom. The highest BCUT2D eigenvalue weighted by Gasteiger charge is 2.28. The Hall–Kier alpha value is -0.560. The van der Waals surface area contributed by atoms with E-state index in [4.69, 9.17) is 5.73 Å². The van der Waals surface area contributed by atoms with Crippen molar-refractivity contribution in [3.8, 4) is 0 Å². The first-order chi connectivity index (χ1) is 9.07. The van der Waals surface area contributed by atoms with Gasteiger partial charge in [-0.05, 0) is 49.8 Å². The summed E-state index contributed by atoms with van der Waals surface area (Å²) in [7, 11) is -3.35. The number of hydrogen-bond acceptors (Lipinski definition) is 4. The minimum absolute atomic E-state index is 0.394. The third-order valence-corrected chi connectivity index (χ3v) is 6.21. The van der Waals surface area contributed by atoms with Crippen LogP contribution in [0.25, 0.3) is 0 Å². The average molecular weight is 300 g/mol. The Bertz CT molecular complexity index is 523. The minimum Gasteiger partial charge on any atom is -0.330 e. The van der Waals surface area contributed by atoms with Gasteiger partial charge in [0.25, 0.3) is 0 Å². The van der Waals surface area contributed by atoms with E-state index in [2.05, 4.69) is 0 Å². The van der Waals surface area contributed by atoms with Crippen LogP contribution in [0.15, 0.2) is 34.1 Å². The summed E-state index contributed by atoms with van der Waals surface area (Å²) in [6.45, 7) is 1.80. The maximum atomic E-state index is 12.5. The van der Waals surface area contributed by atoms with E-state index < -0.39 is 10.0 Å². The Balaban J connectivity index is 2.18. The number of rotatable bonds is 4. The minimum atomic E-state index is -3.35. The van der Waals surface area contributed by atoms with E-state index in [9.17, 15) is 8.42 Å². The van der Waals surface area contributed by atoms with Crippen LogP contribution in [0.4, 0.5) is 0 Å². The molecule has 1 fully saturated rings. The summed E-state index contributed by atoms with van der Waals surface area (Å²) >= 11 is 1.55. The average Bonchev–Trinajstić information content (AvgIpc) is 2.47. The zero-order chi connectivity index (χ0) is 13.9. The highest BCUT2D eigenvalue weighted by molar-refractivity contribution is 7.98. The van der Waals surface area contributed by atoms with Crippen molar-refractivity contribution in [3.05, 3.63) is 24.3 Å². The second-order valence-corrected chi connectivity index (χ2v) is 7.58. The van der Waals surface area contributed by atoms with E-state index in [0.29, 0.717) is 30.4 Å². The number of thioether (sulfide) groups is 1. The van der Waals surface area contributed by atoms with Crippen LogP contribution in [0.3, 0.4) is 0 Å². The van der Waals surface area contributed by atoms with Crippen molar-refractivity contribution < 1.29 is 8.42 Å². The number of benzene rings is 1. The Morgan fingerprint density at radius 2 is 2.05 bits per heavy atom. The maximum absolute atomic E-state index is 12.5. The van der Waals surface area contributed by atoms with Gasteiger partial charge in [-0.2, -0.15) is 4.31 Å². The Kier molecular flexibility index (Phi) is 4.89. The fourth-order valence-corrected chi connectivity index (χ4v) is 4.35. The molecule has 0 bridgehead atoms. The van der Waals surface area contributed by atoms with Gasteiger partial charge in [-0.15, -0.1) is 11.8 Å². The van der Waals surface area contributed by atoms with E-state index in [1.165, 1.54) is 0 Å². The lowest BCUT2D eigenvalue weighted by atomic mass is 9.99. The van der Waals surface area contributed by atoms with Gasteiger partial charge in [0.1, 0.15) is 0 Å². The van der Waals surface area contributed by atoms with Crippen LogP contribution in [-0.2, 0) is 10.0 Å². The van der Waals surface area contributed by atoms with Crippen LogP contribution in [0.2, 0.25) is 0 Å². The molecule has 0 saturated carbocycles. The van der Waals surface area contributed by atoms with Gasteiger partial charge < -0.3 is 5.73 Å². The summed E-state index contributed by atoms with van der Waals surface area (Å²) in [6, 6.07) is 7.13. The SMILES string of the molecule is CSc1cccc(S(=O)(=O)N2CCC(CN)CC2)c1. The lowest BCUT2D eigenvalue weighted by Crippen LogP contribution is -2.40. The molecule has 4 nitrogen and oxygen atoms in total. The summed E-state index contributed by atoms with van der Waals surface area (Å²) in [5.74, 6) is 0.462.